The molecule has 1 aromatic heterocycles. The number of aromatic nitrogens is 2. The topological polar surface area (TPSA) is 41.1 Å². The predicted octanol–water partition coefficient (Wildman–Crippen LogP) is 4.06. The summed E-state index contributed by atoms with van der Waals surface area (Å²) >= 11 is 1.43. The zero-order chi connectivity index (χ0) is 17.1. The molecule has 1 atom stereocenters. The maximum atomic E-state index is 4.61. The van der Waals surface area contributed by atoms with E-state index in [0.717, 1.165) is 42.6 Å². The smallest absolute Gasteiger partial charge is 0.202 e. The van der Waals surface area contributed by atoms with Gasteiger partial charge in [-0.25, -0.2) is 0 Å². The molecule has 1 N–H and O–H groups in total. The largest absolute Gasteiger partial charge is 0.359 e. The second-order valence-electron chi connectivity index (χ2n) is 6.51. The van der Waals surface area contributed by atoms with E-state index in [1.165, 1.54) is 22.7 Å². The van der Waals surface area contributed by atoms with Crippen LogP contribution in [0.3, 0.4) is 0 Å². The molecule has 2 heterocycles. The molecule has 3 aromatic rings. The first-order valence-electron chi connectivity index (χ1n) is 8.73. The van der Waals surface area contributed by atoms with Crippen LogP contribution in [0.4, 0.5) is 5.13 Å². The quantitative estimate of drug-likeness (QED) is 0.753. The molecule has 0 radical (unpaired) electrons. The second-order valence-corrected chi connectivity index (χ2v) is 7.26. The van der Waals surface area contributed by atoms with Crippen molar-refractivity contribution in [3.8, 4) is 11.4 Å². The molecule has 0 amide bonds. The minimum atomic E-state index is 0.456. The van der Waals surface area contributed by atoms with Crippen molar-refractivity contribution in [2.75, 3.05) is 18.4 Å². The highest BCUT2D eigenvalue weighted by molar-refractivity contribution is 7.09. The molecule has 1 aliphatic rings. The monoisotopic (exact) mass is 350 g/mol. The number of rotatable bonds is 5. The molecule has 0 saturated carbocycles. The lowest BCUT2D eigenvalue weighted by atomic mass is 9.99. The highest BCUT2D eigenvalue weighted by Gasteiger charge is 2.20. The van der Waals surface area contributed by atoms with Crippen molar-refractivity contribution < 1.29 is 0 Å². The molecule has 0 aliphatic carbocycles. The van der Waals surface area contributed by atoms with Crippen molar-refractivity contribution in [3.05, 3.63) is 65.7 Å². The van der Waals surface area contributed by atoms with Crippen LogP contribution in [0.25, 0.3) is 11.4 Å². The Kier molecular flexibility index (Phi) is 4.76. The lowest BCUT2D eigenvalue weighted by molar-refractivity contribution is 0.198. The van der Waals surface area contributed by atoms with E-state index in [9.17, 15) is 0 Å². The summed E-state index contributed by atoms with van der Waals surface area (Å²) in [6.07, 6.45) is 1.14. The zero-order valence-electron chi connectivity index (χ0n) is 14.4. The van der Waals surface area contributed by atoms with Crippen LogP contribution >= 0.6 is 11.5 Å². The van der Waals surface area contributed by atoms with E-state index in [4.69, 9.17) is 0 Å². The first-order valence-corrected chi connectivity index (χ1v) is 9.51. The van der Waals surface area contributed by atoms with E-state index in [0.29, 0.717) is 6.04 Å². The summed E-state index contributed by atoms with van der Waals surface area (Å²) in [7, 11) is 0. The van der Waals surface area contributed by atoms with E-state index >= 15 is 0 Å². The summed E-state index contributed by atoms with van der Waals surface area (Å²) in [6.45, 7) is 5.31. The molecule has 128 valence electrons. The number of anilines is 1. The molecule has 5 heteroatoms. The molecule has 0 fully saturated rings. The molecular formula is C20H22N4S. The summed E-state index contributed by atoms with van der Waals surface area (Å²) in [6, 6.07) is 19.3. The molecular weight excluding hydrogens is 328 g/mol. The number of hydrogen-bond acceptors (Lipinski definition) is 5. The molecule has 2 aromatic carbocycles. The minimum absolute atomic E-state index is 0.456. The van der Waals surface area contributed by atoms with Crippen LogP contribution in [0.1, 0.15) is 18.1 Å². The highest BCUT2D eigenvalue weighted by atomic mass is 32.1. The van der Waals surface area contributed by atoms with Crippen molar-refractivity contribution in [1.82, 2.24) is 14.3 Å². The number of fused-ring (bicyclic) bond motifs is 1. The van der Waals surface area contributed by atoms with Crippen LogP contribution in [0, 0.1) is 0 Å². The molecule has 4 rings (SSSR count). The lowest BCUT2D eigenvalue weighted by Gasteiger charge is -2.33. The predicted molar refractivity (Wildman–Crippen MR) is 104 cm³/mol. The summed E-state index contributed by atoms with van der Waals surface area (Å²) in [5.41, 5.74) is 4.02. The van der Waals surface area contributed by atoms with Gasteiger partial charge in [-0.3, -0.25) is 4.90 Å². The zero-order valence-corrected chi connectivity index (χ0v) is 15.2. The van der Waals surface area contributed by atoms with Crippen molar-refractivity contribution in [2.45, 2.75) is 25.9 Å². The number of benzene rings is 2. The highest BCUT2D eigenvalue weighted by Crippen LogP contribution is 2.22. The van der Waals surface area contributed by atoms with Crippen LogP contribution in [0.5, 0.6) is 0 Å². The molecule has 0 spiro atoms. The molecule has 25 heavy (non-hydrogen) atoms. The molecule has 1 unspecified atom stereocenters. The Morgan fingerprint density at radius 2 is 1.84 bits per heavy atom. The van der Waals surface area contributed by atoms with Gasteiger partial charge in [-0.05, 0) is 24.5 Å². The Morgan fingerprint density at radius 3 is 2.68 bits per heavy atom. The number of nitrogens with one attached hydrogen (secondary N) is 1. The fourth-order valence-corrected chi connectivity index (χ4v) is 3.85. The SMILES string of the molecule is CC(CNc1nc(-c2ccccc2)ns1)N1CCc2ccccc2C1. The van der Waals surface area contributed by atoms with Gasteiger partial charge in [-0.1, -0.05) is 54.6 Å². The fourth-order valence-electron chi connectivity index (χ4n) is 3.26. The van der Waals surface area contributed by atoms with Gasteiger partial charge in [0.1, 0.15) is 0 Å². The average molecular weight is 350 g/mol. The molecule has 0 saturated heterocycles. The number of hydrogen-bond donors (Lipinski definition) is 1. The Labute approximate surface area is 152 Å². The second kappa shape index (κ2) is 7.33. The van der Waals surface area contributed by atoms with Gasteiger partial charge in [0.05, 0.1) is 0 Å². The maximum absolute atomic E-state index is 4.61. The van der Waals surface area contributed by atoms with Crippen LogP contribution < -0.4 is 5.32 Å². The van der Waals surface area contributed by atoms with Gasteiger partial charge in [-0.15, -0.1) is 0 Å². The van der Waals surface area contributed by atoms with Crippen LogP contribution in [-0.4, -0.2) is 33.4 Å². The van der Waals surface area contributed by atoms with Gasteiger partial charge >= 0.3 is 0 Å². The van der Waals surface area contributed by atoms with Crippen LogP contribution in [0.15, 0.2) is 54.6 Å². The summed E-state index contributed by atoms with van der Waals surface area (Å²) in [4.78, 5) is 7.15. The average Bonchev–Trinajstić information content (AvgIpc) is 3.15. The van der Waals surface area contributed by atoms with E-state index in [1.807, 2.05) is 30.3 Å². The Hall–Kier alpha value is -2.24. The third kappa shape index (κ3) is 3.72. The normalized spacial score (nSPS) is 15.6. The Morgan fingerprint density at radius 1 is 1.08 bits per heavy atom. The van der Waals surface area contributed by atoms with E-state index in [2.05, 4.69) is 50.8 Å². The summed E-state index contributed by atoms with van der Waals surface area (Å²) in [5, 5.41) is 4.35. The van der Waals surface area contributed by atoms with Crippen molar-refractivity contribution in [2.24, 2.45) is 0 Å². The van der Waals surface area contributed by atoms with Crippen LogP contribution in [-0.2, 0) is 13.0 Å². The summed E-state index contributed by atoms with van der Waals surface area (Å²) < 4.78 is 4.46. The third-order valence-electron chi connectivity index (χ3n) is 4.79. The Bertz CT molecular complexity index is 830. The van der Waals surface area contributed by atoms with Crippen molar-refractivity contribution >= 4 is 16.7 Å². The standard InChI is InChI=1S/C20H22N4S/c1-15(24-12-11-16-7-5-6-10-18(16)14-24)13-21-20-22-19(23-25-20)17-8-3-2-4-9-17/h2-10,15H,11-14H2,1H3,(H,21,22,23). The third-order valence-corrected chi connectivity index (χ3v) is 5.46. The van der Waals surface area contributed by atoms with Gasteiger partial charge in [0.2, 0.25) is 5.13 Å². The van der Waals surface area contributed by atoms with Gasteiger partial charge in [-0.2, -0.15) is 9.36 Å². The Balaban J connectivity index is 1.35. The summed E-state index contributed by atoms with van der Waals surface area (Å²) in [5.74, 6) is 0.799. The van der Waals surface area contributed by atoms with Crippen LogP contribution in [0.2, 0.25) is 0 Å². The number of nitrogens with zero attached hydrogens (tertiary/aromatic N) is 3. The minimum Gasteiger partial charge on any atom is -0.359 e. The first kappa shape index (κ1) is 16.2. The molecule has 4 nitrogen and oxygen atoms in total. The van der Waals surface area contributed by atoms with Crippen molar-refractivity contribution in [3.63, 3.8) is 0 Å². The van der Waals surface area contributed by atoms with Gasteiger partial charge < -0.3 is 5.32 Å². The lowest BCUT2D eigenvalue weighted by Crippen LogP contribution is -2.41. The van der Waals surface area contributed by atoms with E-state index in [1.54, 1.807) is 0 Å². The maximum Gasteiger partial charge on any atom is 0.202 e. The van der Waals surface area contributed by atoms with Gasteiger partial charge in [0.25, 0.3) is 0 Å². The fraction of sp³-hybridized carbons (Fsp3) is 0.300. The van der Waals surface area contributed by atoms with E-state index < -0.39 is 0 Å². The van der Waals surface area contributed by atoms with Gasteiger partial charge in [0.15, 0.2) is 5.82 Å². The van der Waals surface area contributed by atoms with E-state index in [-0.39, 0.29) is 0 Å². The molecule has 0 bridgehead atoms. The molecule has 1 aliphatic heterocycles. The van der Waals surface area contributed by atoms with Gasteiger partial charge in [0, 0.05) is 42.8 Å². The first-order chi connectivity index (χ1) is 12.3. The van der Waals surface area contributed by atoms with Crippen molar-refractivity contribution in [1.29, 1.82) is 0 Å².